The zero-order valence-corrected chi connectivity index (χ0v) is 9.79. The standard InChI is InChI=1S/C13H12N2O3/c1-17-15-12(16)11-8-5-9-14-13(11)18-10-6-3-2-4-7-10/h2-9H,1H3,(H,15,16). The number of carbonyl (C=O) groups is 1. The lowest BCUT2D eigenvalue weighted by atomic mass is 10.2. The van der Waals surface area contributed by atoms with E-state index in [-0.39, 0.29) is 5.88 Å². The SMILES string of the molecule is CONC(=O)c1cccnc1Oc1ccccc1. The molecule has 1 aromatic carbocycles. The Morgan fingerprint density at radius 3 is 2.67 bits per heavy atom. The number of nitrogens with zero attached hydrogens (tertiary/aromatic N) is 1. The van der Waals surface area contributed by atoms with Crippen LogP contribution in [0.2, 0.25) is 0 Å². The second kappa shape index (κ2) is 5.79. The van der Waals surface area contributed by atoms with Crippen molar-refractivity contribution >= 4 is 5.91 Å². The monoisotopic (exact) mass is 244 g/mol. The predicted octanol–water partition coefficient (Wildman–Crippen LogP) is 2.17. The van der Waals surface area contributed by atoms with Crippen LogP contribution in [0.1, 0.15) is 10.4 Å². The fourth-order valence-electron chi connectivity index (χ4n) is 1.39. The number of benzene rings is 1. The van der Waals surface area contributed by atoms with E-state index in [4.69, 9.17) is 4.74 Å². The molecule has 0 aliphatic heterocycles. The molecule has 0 saturated heterocycles. The average Bonchev–Trinajstić information content (AvgIpc) is 2.41. The number of aromatic nitrogens is 1. The highest BCUT2D eigenvalue weighted by Gasteiger charge is 2.13. The van der Waals surface area contributed by atoms with Crippen LogP contribution in [0, 0.1) is 0 Å². The number of nitrogens with one attached hydrogen (secondary N) is 1. The summed E-state index contributed by atoms with van der Waals surface area (Å²) in [6.07, 6.45) is 1.56. The normalized spacial score (nSPS) is 9.83. The number of para-hydroxylation sites is 1. The van der Waals surface area contributed by atoms with E-state index in [2.05, 4.69) is 15.3 Å². The molecule has 0 fully saturated rings. The quantitative estimate of drug-likeness (QED) is 0.837. The highest BCUT2D eigenvalue weighted by atomic mass is 16.6. The van der Waals surface area contributed by atoms with E-state index in [1.165, 1.54) is 7.11 Å². The number of amides is 1. The minimum absolute atomic E-state index is 0.234. The van der Waals surface area contributed by atoms with Crippen LogP contribution in [0.25, 0.3) is 0 Å². The van der Waals surface area contributed by atoms with Gasteiger partial charge in [-0.3, -0.25) is 9.63 Å². The molecule has 0 radical (unpaired) electrons. The van der Waals surface area contributed by atoms with Gasteiger partial charge in [-0.25, -0.2) is 10.5 Å². The summed E-state index contributed by atoms with van der Waals surface area (Å²) in [5.74, 6) is 0.442. The van der Waals surface area contributed by atoms with E-state index in [1.807, 2.05) is 18.2 Å². The minimum atomic E-state index is -0.406. The lowest BCUT2D eigenvalue weighted by Crippen LogP contribution is -2.22. The number of hydrogen-bond donors (Lipinski definition) is 1. The first-order valence-corrected chi connectivity index (χ1v) is 5.32. The first-order chi connectivity index (χ1) is 8.81. The first-order valence-electron chi connectivity index (χ1n) is 5.32. The van der Waals surface area contributed by atoms with Gasteiger partial charge in [-0.05, 0) is 24.3 Å². The Labute approximate surface area is 104 Å². The molecule has 1 aromatic heterocycles. The van der Waals surface area contributed by atoms with Gasteiger partial charge in [0.25, 0.3) is 5.91 Å². The van der Waals surface area contributed by atoms with Crippen molar-refractivity contribution in [3.8, 4) is 11.6 Å². The molecule has 0 unspecified atom stereocenters. The van der Waals surface area contributed by atoms with Crippen LogP contribution in [-0.2, 0) is 4.84 Å². The Bertz CT molecular complexity index is 529. The lowest BCUT2D eigenvalue weighted by molar-refractivity contribution is 0.0535. The third-order valence-electron chi connectivity index (χ3n) is 2.17. The summed E-state index contributed by atoms with van der Waals surface area (Å²) in [4.78, 5) is 20.3. The van der Waals surface area contributed by atoms with Crippen molar-refractivity contribution in [2.24, 2.45) is 0 Å². The summed E-state index contributed by atoms with van der Waals surface area (Å²) in [5.41, 5.74) is 2.54. The molecule has 92 valence electrons. The summed E-state index contributed by atoms with van der Waals surface area (Å²) in [7, 11) is 1.37. The molecular formula is C13H12N2O3. The van der Waals surface area contributed by atoms with E-state index in [0.29, 0.717) is 11.3 Å². The summed E-state index contributed by atoms with van der Waals surface area (Å²) in [6.45, 7) is 0. The summed E-state index contributed by atoms with van der Waals surface area (Å²) in [5, 5.41) is 0. The predicted molar refractivity (Wildman–Crippen MR) is 65.2 cm³/mol. The van der Waals surface area contributed by atoms with Crippen LogP contribution < -0.4 is 10.2 Å². The molecule has 0 atom stereocenters. The molecule has 5 nitrogen and oxygen atoms in total. The molecule has 2 rings (SSSR count). The molecule has 1 heterocycles. The second-order valence-corrected chi connectivity index (χ2v) is 3.41. The Kier molecular flexibility index (Phi) is 3.88. The Balaban J connectivity index is 2.25. The van der Waals surface area contributed by atoms with E-state index < -0.39 is 5.91 Å². The maximum Gasteiger partial charge on any atom is 0.280 e. The van der Waals surface area contributed by atoms with Gasteiger partial charge in [0.2, 0.25) is 5.88 Å². The van der Waals surface area contributed by atoms with Crippen LogP contribution in [0.5, 0.6) is 11.6 Å². The van der Waals surface area contributed by atoms with Crippen LogP contribution in [0.3, 0.4) is 0 Å². The molecule has 0 spiro atoms. The summed E-state index contributed by atoms with van der Waals surface area (Å²) in [6, 6.07) is 12.4. The average molecular weight is 244 g/mol. The Hall–Kier alpha value is -2.40. The van der Waals surface area contributed by atoms with Crippen LogP contribution in [0.4, 0.5) is 0 Å². The van der Waals surface area contributed by atoms with Crippen LogP contribution in [0.15, 0.2) is 48.7 Å². The molecular weight excluding hydrogens is 232 g/mol. The maximum atomic E-state index is 11.7. The second-order valence-electron chi connectivity index (χ2n) is 3.41. The number of rotatable bonds is 4. The third kappa shape index (κ3) is 2.83. The van der Waals surface area contributed by atoms with Gasteiger partial charge in [0.15, 0.2) is 0 Å². The van der Waals surface area contributed by atoms with E-state index >= 15 is 0 Å². The molecule has 0 bridgehead atoms. The van der Waals surface area contributed by atoms with Gasteiger partial charge in [0.05, 0.1) is 7.11 Å². The number of ether oxygens (including phenoxy) is 1. The number of carbonyl (C=O) groups excluding carboxylic acids is 1. The van der Waals surface area contributed by atoms with Crippen molar-refractivity contribution in [1.82, 2.24) is 10.5 Å². The molecule has 0 aliphatic carbocycles. The highest BCUT2D eigenvalue weighted by molar-refractivity contribution is 5.95. The van der Waals surface area contributed by atoms with Gasteiger partial charge >= 0.3 is 0 Å². The number of hydroxylamine groups is 1. The van der Waals surface area contributed by atoms with Gasteiger partial charge in [-0.1, -0.05) is 18.2 Å². The van der Waals surface area contributed by atoms with E-state index in [9.17, 15) is 4.79 Å². The lowest BCUT2D eigenvalue weighted by Gasteiger charge is -2.08. The Morgan fingerprint density at radius 2 is 1.94 bits per heavy atom. The van der Waals surface area contributed by atoms with E-state index in [0.717, 1.165) is 0 Å². The fourth-order valence-corrected chi connectivity index (χ4v) is 1.39. The topological polar surface area (TPSA) is 60.5 Å². The molecule has 2 aromatic rings. The molecule has 1 amide bonds. The Morgan fingerprint density at radius 1 is 1.17 bits per heavy atom. The zero-order valence-electron chi connectivity index (χ0n) is 9.79. The molecule has 0 saturated carbocycles. The van der Waals surface area contributed by atoms with Gasteiger partial charge in [0.1, 0.15) is 11.3 Å². The largest absolute Gasteiger partial charge is 0.438 e. The van der Waals surface area contributed by atoms with Crippen molar-refractivity contribution < 1.29 is 14.4 Å². The van der Waals surface area contributed by atoms with E-state index in [1.54, 1.807) is 30.5 Å². The number of pyridine rings is 1. The van der Waals surface area contributed by atoms with Crippen molar-refractivity contribution in [2.75, 3.05) is 7.11 Å². The fraction of sp³-hybridized carbons (Fsp3) is 0.0769. The third-order valence-corrected chi connectivity index (χ3v) is 2.17. The maximum absolute atomic E-state index is 11.7. The molecule has 0 aliphatic rings. The van der Waals surface area contributed by atoms with Crippen LogP contribution in [-0.4, -0.2) is 18.0 Å². The summed E-state index contributed by atoms with van der Waals surface area (Å²) >= 11 is 0. The highest BCUT2D eigenvalue weighted by Crippen LogP contribution is 2.22. The van der Waals surface area contributed by atoms with Crippen molar-refractivity contribution in [2.45, 2.75) is 0 Å². The minimum Gasteiger partial charge on any atom is -0.438 e. The van der Waals surface area contributed by atoms with Crippen molar-refractivity contribution in [3.05, 3.63) is 54.2 Å². The molecule has 5 heteroatoms. The van der Waals surface area contributed by atoms with Crippen molar-refractivity contribution in [3.63, 3.8) is 0 Å². The molecule has 18 heavy (non-hydrogen) atoms. The smallest absolute Gasteiger partial charge is 0.280 e. The number of hydrogen-bond acceptors (Lipinski definition) is 4. The van der Waals surface area contributed by atoms with Crippen molar-refractivity contribution in [1.29, 1.82) is 0 Å². The van der Waals surface area contributed by atoms with Gasteiger partial charge in [-0.2, -0.15) is 0 Å². The van der Waals surface area contributed by atoms with Gasteiger partial charge < -0.3 is 4.74 Å². The van der Waals surface area contributed by atoms with Crippen LogP contribution >= 0.6 is 0 Å². The summed E-state index contributed by atoms with van der Waals surface area (Å²) < 4.78 is 5.55. The molecule has 1 N–H and O–H groups in total. The van der Waals surface area contributed by atoms with Gasteiger partial charge in [0, 0.05) is 6.20 Å². The zero-order chi connectivity index (χ0) is 12.8. The van der Waals surface area contributed by atoms with Gasteiger partial charge in [-0.15, -0.1) is 0 Å². The first kappa shape index (κ1) is 12.1.